The minimum atomic E-state index is -3.87. The average molecular weight is 621 g/mol. The second kappa shape index (κ2) is 14.6. The number of halogens is 2. The maximum atomic E-state index is 13.8. The van der Waals surface area contributed by atoms with Crippen LogP contribution in [0.2, 0.25) is 10.0 Å². The zero-order valence-electron chi connectivity index (χ0n) is 23.5. The number of hydrogen-bond acceptors (Lipinski definition) is 5. The normalized spacial score (nSPS) is 12.1. The zero-order chi connectivity index (χ0) is 30.2. The number of amides is 2. The van der Waals surface area contributed by atoms with Crippen LogP contribution in [0.5, 0.6) is 11.5 Å². The van der Waals surface area contributed by atoms with Gasteiger partial charge in [0.2, 0.25) is 21.8 Å². The van der Waals surface area contributed by atoms with Crippen molar-refractivity contribution in [1.29, 1.82) is 0 Å². The van der Waals surface area contributed by atoms with Crippen molar-refractivity contribution >= 4 is 50.7 Å². The molecular weight excluding hydrogens is 585 g/mol. The molecule has 0 saturated carbocycles. The lowest BCUT2D eigenvalue weighted by molar-refractivity contribution is -0.140. The van der Waals surface area contributed by atoms with Crippen molar-refractivity contribution in [2.45, 2.75) is 39.8 Å². The van der Waals surface area contributed by atoms with Crippen LogP contribution >= 0.6 is 23.2 Å². The number of sulfonamides is 1. The van der Waals surface area contributed by atoms with Gasteiger partial charge in [0.1, 0.15) is 24.1 Å². The molecule has 3 aromatic carbocycles. The number of hydrogen-bond donors (Lipinski definition) is 1. The summed E-state index contributed by atoms with van der Waals surface area (Å²) < 4.78 is 32.6. The largest absolute Gasteiger partial charge is 0.457 e. The van der Waals surface area contributed by atoms with Gasteiger partial charge in [-0.05, 0) is 66.4 Å². The van der Waals surface area contributed by atoms with Crippen molar-refractivity contribution in [3.8, 4) is 11.5 Å². The number of benzene rings is 3. The molecule has 0 fully saturated rings. The lowest BCUT2D eigenvalue weighted by atomic mass is 10.1. The molecule has 0 radical (unpaired) electrons. The standard InChI is InChI=1S/C30H35Cl2N3O5S/c1-5-28(30(37)33-18-21(2)3)34(19-22-11-16-26(31)27(32)17-22)29(36)20-35(41(4,38)39)23-12-14-25(15-13-23)40-24-9-7-6-8-10-24/h6-17,21,28H,5,18-20H2,1-4H3,(H,33,37)/t28-/m1/s1. The summed E-state index contributed by atoms with van der Waals surface area (Å²) in [6, 6.07) is 19.7. The lowest BCUT2D eigenvalue weighted by Crippen LogP contribution is -2.52. The van der Waals surface area contributed by atoms with E-state index < -0.39 is 28.5 Å². The third kappa shape index (κ3) is 9.38. The molecule has 0 aromatic heterocycles. The van der Waals surface area contributed by atoms with Gasteiger partial charge in [0.15, 0.2) is 0 Å². The number of nitrogens with zero attached hydrogens (tertiary/aromatic N) is 2. The summed E-state index contributed by atoms with van der Waals surface area (Å²) in [6.45, 7) is 5.71. The van der Waals surface area contributed by atoms with Gasteiger partial charge in [-0.2, -0.15) is 0 Å². The van der Waals surface area contributed by atoms with Crippen molar-refractivity contribution in [3.63, 3.8) is 0 Å². The van der Waals surface area contributed by atoms with Crippen LogP contribution < -0.4 is 14.4 Å². The topological polar surface area (TPSA) is 96.0 Å². The monoisotopic (exact) mass is 619 g/mol. The first-order valence-corrected chi connectivity index (χ1v) is 15.8. The second-order valence-corrected chi connectivity index (χ2v) is 12.7. The molecule has 0 spiro atoms. The molecule has 220 valence electrons. The summed E-state index contributed by atoms with van der Waals surface area (Å²) in [6.07, 6.45) is 1.35. The fourth-order valence-electron chi connectivity index (χ4n) is 4.10. The van der Waals surface area contributed by atoms with E-state index in [2.05, 4.69) is 5.32 Å². The molecule has 0 aliphatic rings. The van der Waals surface area contributed by atoms with Gasteiger partial charge in [-0.25, -0.2) is 8.42 Å². The summed E-state index contributed by atoms with van der Waals surface area (Å²) in [5, 5.41) is 3.56. The SMILES string of the molecule is CC[C@H](C(=O)NCC(C)C)N(Cc1ccc(Cl)c(Cl)c1)C(=O)CN(c1ccc(Oc2ccccc2)cc1)S(C)(=O)=O. The summed E-state index contributed by atoms with van der Waals surface area (Å²) in [4.78, 5) is 28.4. The molecule has 1 atom stereocenters. The molecule has 3 rings (SSSR count). The summed E-state index contributed by atoms with van der Waals surface area (Å²) >= 11 is 12.3. The van der Waals surface area contributed by atoms with E-state index in [0.29, 0.717) is 40.1 Å². The van der Waals surface area contributed by atoms with E-state index in [1.54, 1.807) is 61.5 Å². The van der Waals surface area contributed by atoms with Gasteiger partial charge in [0.05, 0.1) is 22.0 Å². The highest BCUT2D eigenvalue weighted by atomic mass is 35.5. The van der Waals surface area contributed by atoms with Crippen molar-refractivity contribution in [1.82, 2.24) is 10.2 Å². The molecular formula is C30H35Cl2N3O5S. The van der Waals surface area contributed by atoms with E-state index in [4.69, 9.17) is 27.9 Å². The Labute approximate surface area is 252 Å². The maximum absolute atomic E-state index is 13.8. The Balaban J connectivity index is 1.90. The van der Waals surface area contributed by atoms with Crippen LogP contribution in [0.25, 0.3) is 0 Å². The highest BCUT2D eigenvalue weighted by molar-refractivity contribution is 7.92. The molecule has 2 amide bonds. The van der Waals surface area contributed by atoms with E-state index in [1.807, 2.05) is 32.0 Å². The fourth-order valence-corrected chi connectivity index (χ4v) is 5.27. The molecule has 0 heterocycles. The number of carbonyl (C=O) groups excluding carboxylic acids is 2. The Morgan fingerprint density at radius 2 is 1.56 bits per heavy atom. The van der Waals surface area contributed by atoms with Gasteiger partial charge < -0.3 is 15.0 Å². The number of para-hydroxylation sites is 1. The summed E-state index contributed by atoms with van der Waals surface area (Å²) in [5.41, 5.74) is 0.934. The van der Waals surface area contributed by atoms with Gasteiger partial charge in [-0.15, -0.1) is 0 Å². The highest BCUT2D eigenvalue weighted by Gasteiger charge is 2.32. The molecule has 1 N–H and O–H groups in total. The van der Waals surface area contributed by atoms with Gasteiger partial charge >= 0.3 is 0 Å². The van der Waals surface area contributed by atoms with Crippen LogP contribution in [-0.2, 0) is 26.2 Å². The molecule has 0 unspecified atom stereocenters. The van der Waals surface area contributed by atoms with Crippen molar-refractivity contribution in [2.24, 2.45) is 5.92 Å². The minimum Gasteiger partial charge on any atom is -0.457 e. The van der Waals surface area contributed by atoms with E-state index in [-0.39, 0.29) is 24.1 Å². The Kier molecular flexibility index (Phi) is 11.5. The average Bonchev–Trinajstić information content (AvgIpc) is 2.92. The van der Waals surface area contributed by atoms with Gasteiger partial charge in [0.25, 0.3) is 0 Å². The quantitative estimate of drug-likeness (QED) is 0.248. The molecule has 8 nitrogen and oxygen atoms in total. The van der Waals surface area contributed by atoms with Crippen LogP contribution in [0.15, 0.2) is 72.8 Å². The Morgan fingerprint density at radius 3 is 2.12 bits per heavy atom. The summed E-state index contributed by atoms with van der Waals surface area (Å²) in [5.74, 6) is 0.495. The van der Waals surface area contributed by atoms with E-state index >= 15 is 0 Å². The van der Waals surface area contributed by atoms with Crippen molar-refractivity contribution in [3.05, 3.63) is 88.4 Å². The van der Waals surface area contributed by atoms with Gasteiger partial charge in [-0.3, -0.25) is 13.9 Å². The maximum Gasteiger partial charge on any atom is 0.244 e. The van der Waals surface area contributed by atoms with Gasteiger partial charge in [-0.1, -0.05) is 68.2 Å². The first-order chi connectivity index (χ1) is 19.4. The molecule has 0 saturated heterocycles. The molecule has 3 aromatic rings. The number of ether oxygens (including phenoxy) is 1. The second-order valence-electron chi connectivity index (χ2n) is 10.0. The first kappa shape index (κ1) is 32.2. The highest BCUT2D eigenvalue weighted by Crippen LogP contribution is 2.27. The molecule has 0 aliphatic carbocycles. The number of anilines is 1. The minimum absolute atomic E-state index is 0.0325. The lowest BCUT2D eigenvalue weighted by Gasteiger charge is -2.33. The third-order valence-electron chi connectivity index (χ3n) is 6.19. The van der Waals surface area contributed by atoms with Crippen LogP contribution in [0, 0.1) is 5.92 Å². The zero-order valence-corrected chi connectivity index (χ0v) is 25.8. The van der Waals surface area contributed by atoms with Crippen LogP contribution in [0.3, 0.4) is 0 Å². The first-order valence-electron chi connectivity index (χ1n) is 13.2. The Hall–Kier alpha value is -3.27. The molecule has 0 bridgehead atoms. The number of carbonyl (C=O) groups is 2. The Bertz CT molecular complexity index is 1430. The predicted molar refractivity (Wildman–Crippen MR) is 164 cm³/mol. The van der Waals surface area contributed by atoms with Gasteiger partial charge in [0, 0.05) is 13.1 Å². The smallest absolute Gasteiger partial charge is 0.244 e. The third-order valence-corrected chi connectivity index (χ3v) is 8.07. The molecule has 41 heavy (non-hydrogen) atoms. The molecule has 0 aliphatic heterocycles. The van der Waals surface area contributed by atoms with Crippen LogP contribution in [0.1, 0.15) is 32.8 Å². The van der Waals surface area contributed by atoms with Crippen molar-refractivity contribution < 1.29 is 22.7 Å². The van der Waals surface area contributed by atoms with E-state index in [9.17, 15) is 18.0 Å². The Morgan fingerprint density at radius 1 is 0.927 bits per heavy atom. The number of nitrogens with one attached hydrogen (secondary N) is 1. The predicted octanol–water partition coefficient (Wildman–Crippen LogP) is 6.13. The van der Waals surface area contributed by atoms with E-state index in [0.717, 1.165) is 10.6 Å². The van der Waals surface area contributed by atoms with Crippen LogP contribution in [-0.4, -0.2) is 50.5 Å². The van der Waals surface area contributed by atoms with E-state index in [1.165, 1.54) is 4.90 Å². The number of rotatable bonds is 13. The fraction of sp³-hybridized carbons (Fsp3) is 0.333. The van der Waals surface area contributed by atoms with Crippen molar-refractivity contribution in [2.75, 3.05) is 23.7 Å². The summed E-state index contributed by atoms with van der Waals surface area (Å²) in [7, 11) is -3.87. The molecule has 11 heteroatoms. The van der Waals surface area contributed by atoms with Crippen LogP contribution in [0.4, 0.5) is 5.69 Å².